The predicted octanol–water partition coefficient (Wildman–Crippen LogP) is 5.48. The molecule has 0 spiro atoms. The summed E-state index contributed by atoms with van der Waals surface area (Å²) < 4.78 is 39.4. The summed E-state index contributed by atoms with van der Waals surface area (Å²) in [5.74, 6) is 0. The maximum Gasteiger partial charge on any atom is 0.417 e. The zero-order valence-corrected chi connectivity index (χ0v) is 13.3. The van der Waals surface area contributed by atoms with Crippen molar-refractivity contribution in [1.29, 1.82) is 0 Å². The van der Waals surface area contributed by atoms with E-state index in [9.17, 15) is 13.2 Å². The fourth-order valence-electron chi connectivity index (χ4n) is 2.43. The zero-order chi connectivity index (χ0) is 16.8. The Morgan fingerprint density at radius 3 is 2.57 bits per heavy atom. The van der Waals surface area contributed by atoms with Gasteiger partial charge in [-0.05, 0) is 31.2 Å². The molecule has 1 aromatic heterocycles. The lowest BCUT2D eigenvalue weighted by Crippen LogP contribution is -2.27. The number of halogens is 5. The quantitative estimate of drug-likeness (QED) is 0.674. The zero-order valence-electron chi connectivity index (χ0n) is 11.8. The van der Waals surface area contributed by atoms with Gasteiger partial charge in [0.05, 0.1) is 39.9 Å². The van der Waals surface area contributed by atoms with Gasteiger partial charge in [0.1, 0.15) is 5.17 Å². The monoisotopic (exact) mass is 359 g/mol. The van der Waals surface area contributed by atoms with E-state index in [1.807, 2.05) is 0 Å². The molecule has 1 aliphatic rings. The molecule has 2 aromatic rings. The van der Waals surface area contributed by atoms with E-state index in [-0.39, 0.29) is 11.7 Å². The normalized spacial score (nSPS) is 14.5. The van der Waals surface area contributed by atoms with Gasteiger partial charge in [-0.3, -0.25) is 4.98 Å². The molecule has 120 valence electrons. The van der Waals surface area contributed by atoms with Crippen molar-refractivity contribution in [2.75, 3.05) is 11.4 Å². The second kappa shape index (κ2) is 5.69. The maximum absolute atomic E-state index is 13.1. The first kappa shape index (κ1) is 16.1. The number of rotatable bonds is 1. The first-order chi connectivity index (χ1) is 10.8. The number of hydrogen-bond acceptors (Lipinski definition) is 3. The average Bonchev–Trinajstić information content (AvgIpc) is 2.45. The summed E-state index contributed by atoms with van der Waals surface area (Å²) in [6.07, 6.45) is -2.94. The molecule has 0 fully saturated rings. The van der Waals surface area contributed by atoms with Crippen LogP contribution in [-0.2, 0) is 6.18 Å². The third-order valence-corrected chi connectivity index (χ3v) is 3.98. The average molecular weight is 360 g/mol. The fourth-order valence-corrected chi connectivity index (χ4v) is 2.91. The Bertz CT molecular complexity index is 803. The Balaban J connectivity index is 2.22. The minimum absolute atomic E-state index is 0.167. The summed E-state index contributed by atoms with van der Waals surface area (Å²) in [5.41, 5.74) is 1.02. The summed E-state index contributed by atoms with van der Waals surface area (Å²) in [5, 5.41) is -0.147. The van der Waals surface area contributed by atoms with Crippen LogP contribution in [-0.4, -0.2) is 16.7 Å². The van der Waals surface area contributed by atoms with E-state index in [4.69, 9.17) is 23.2 Å². The highest BCUT2D eigenvalue weighted by Crippen LogP contribution is 2.45. The van der Waals surface area contributed by atoms with Crippen LogP contribution in [0.4, 0.5) is 30.2 Å². The molecule has 0 amide bonds. The smallest absolute Gasteiger partial charge is 0.331 e. The van der Waals surface area contributed by atoms with E-state index in [1.54, 1.807) is 30.2 Å². The van der Waals surface area contributed by atoms with E-state index in [1.165, 1.54) is 6.07 Å². The summed E-state index contributed by atoms with van der Waals surface area (Å²) in [6, 6.07) is 5.66. The molecule has 8 heteroatoms. The molecule has 0 saturated carbocycles. The molecular weight excluding hydrogens is 350 g/mol. The van der Waals surface area contributed by atoms with E-state index >= 15 is 0 Å². The highest BCUT2D eigenvalue weighted by Gasteiger charge is 2.35. The number of nitrogens with zero attached hydrogens (tertiary/aromatic N) is 3. The fraction of sp³-hybridized carbons (Fsp3) is 0.200. The van der Waals surface area contributed by atoms with Crippen molar-refractivity contribution in [1.82, 2.24) is 4.98 Å². The van der Waals surface area contributed by atoms with E-state index in [0.717, 1.165) is 6.07 Å². The largest absolute Gasteiger partial charge is 0.417 e. The van der Waals surface area contributed by atoms with Crippen LogP contribution in [0.5, 0.6) is 0 Å². The number of aliphatic imine (C=N–C) groups is 1. The van der Waals surface area contributed by atoms with Gasteiger partial charge in [0.2, 0.25) is 0 Å². The molecular formula is C15H10Cl2F3N3. The Kier molecular flexibility index (Phi) is 3.98. The number of aryl methyl sites for hydroxylation is 1. The number of aromatic nitrogens is 1. The lowest BCUT2D eigenvalue weighted by Gasteiger charge is -2.30. The van der Waals surface area contributed by atoms with Crippen LogP contribution in [0.25, 0.3) is 0 Å². The molecule has 2 heterocycles. The summed E-state index contributed by atoms with van der Waals surface area (Å²) in [6.45, 7) is 1.94. The lowest BCUT2D eigenvalue weighted by molar-refractivity contribution is -0.137. The van der Waals surface area contributed by atoms with Crippen LogP contribution >= 0.6 is 23.2 Å². The Hall–Kier alpha value is -1.79. The minimum Gasteiger partial charge on any atom is -0.331 e. The van der Waals surface area contributed by atoms with Gasteiger partial charge in [0, 0.05) is 6.20 Å². The molecule has 0 atom stereocenters. The molecule has 3 nitrogen and oxygen atoms in total. The molecule has 23 heavy (non-hydrogen) atoms. The molecule has 1 aliphatic heterocycles. The van der Waals surface area contributed by atoms with Crippen molar-refractivity contribution >= 4 is 45.4 Å². The topological polar surface area (TPSA) is 28.5 Å². The first-order valence-corrected chi connectivity index (χ1v) is 7.36. The number of alkyl halides is 3. The highest BCUT2D eigenvalue weighted by atomic mass is 35.5. The third-order valence-electron chi connectivity index (χ3n) is 3.46. The van der Waals surface area contributed by atoms with Gasteiger partial charge in [0.15, 0.2) is 0 Å². The molecule has 0 bridgehead atoms. The van der Waals surface area contributed by atoms with Crippen molar-refractivity contribution < 1.29 is 13.2 Å². The number of fused-ring (bicyclic) bond motifs is 1. The van der Waals surface area contributed by atoms with Crippen LogP contribution in [0.2, 0.25) is 5.02 Å². The molecule has 0 N–H and O–H groups in total. The summed E-state index contributed by atoms with van der Waals surface area (Å²) in [4.78, 5) is 9.92. The molecule has 0 aliphatic carbocycles. The molecule has 0 unspecified atom stereocenters. The molecule has 0 radical (unpaired) electrons. The summed E-state index contributed by atoms with van der Waals surface area (Å²) >= 11 is 11.8. The van der Waals surface area contributed by atoms with Crippen LogP contribution < -0.4 is 4.90 Å². The molecule has 0 saturated heterocycles. The summed E-state index contributed by atoms with van der Waals surface area (Å²) in [7, 11) is 0. The number of benzene rings is 1. The van der Waals surface area contributed by atoms with E-state index in [0.29, 0.717) is 22.8 Å². The Morgan fingerprint density at radius 2 is 1.91 bits per heavy atom. The lowest BCUT2D eigenvalue weighted by atomic mass is 10.1. The van der Waals surface area contributed by atoms with Crippen molar-refractivity contribution in [2.45, 2.75) is 13.1 Å². The van der Waals surface area contributed by atoms with Gasteiger partial charge in [-0.1, -0.05) is 23.2 Å². The van der Waals surface area contributed by atoms with E-state index in [2.05, 4.69) is 9.98 Å². The van der Waals surface area contributed by atoms with Crippen LogP contribution in [0, 0.1) is 6.92 Å². The van der Waals surface area contributed by atoms with Gasteiger partial charge in [0.25, 0.3) is 0 Å². The van der Waals surface area contributed by atoms with Crippen molar-refractivity contribution in [2.24, 2.45) is 4.99 Å². The van der Waals surface area contributed by atoms with Gasteiger partial charge in [-0.15, -0.1) is 0 Å². The second-order valence-electron chi connectivity index (χ2n) is 5.00. The van der Waals surface area contributed by atoms with Crippen molar-refractivity contribution in [3.8, 4) is 0 Å². The highest BCUT2D eigenvalue weighted by molar-refractivity contribution is 6.66. The van der Waals surface area contributed by atoms with Gasteiger partial charge < -0.3 is 4.90 Å². The van der Waals surface area contributed by atoms with Crippen molar-refractivity contribution in [3.63, 3.8) is 0 Å². The number of pyridine rings is 1. The first-order valence-electron chi connectivity index (χ1n) is 6.60. The van der Waals surface area contributed by atoms with Gasteiger partial charge >= 0.3 is 6.18 Å². The number of anilines is 2. The molecule has 1 aromatic carbocycles. The third kappa shape index (κ3) is 3.01. The SMILES string of the molecule is Cc1ncccc1N1CC(Cl)=Nc2cc(Cl)c(C(F)(F)F)cc21. The minimum atomic E-state index is -4.55. The second-order valence-corrected chi connectivity index (χ2v) is 5.84. The van der Waals surface area contributed by atoms with Crippen LogP contribution in [0.3, 0.4) is 0 Å². The van der Waals surface area contributed by atoms with Gasteiger partial charge in [-0.2, -0.15) is 13.2 Å². The van der Waals surface area contributed by atoms with Crippen LogP contribution in [0.1, 0.15) is 11.3 Å². The predicted molar refractivity (Wildman–Crippen MR) is 85.4 cm³/mol. The number of hydrogen-bond donors (Lipinski definition) is 0. The van der Waals surface area contributed by atoms with E-state index < -0.39 is 16.8 Å². The van der Waals surface area contributed by atoms with Crippen molar-refractivity contribution in [3.05, 3.63) is 46.7 Å². The maximum atomic E-state index is 13.1. The van der Waals surface area contributed by atoms with Crippen LogP contribution in [0.15, 0.2) is 35.5 Å². The molecule has 3 rings (SSSR count). The standard InChI is InChI=1S/C15H10Cl2F3N3/c1-8-12(3-2-4-21-8)23-7-14(17)22-11-6-10(16)9(5-13(11)23)15(18,19)20/h2-6H,7H2,1H3. The van der Waals surface area contributed by atoms with Gasteiger partial charge in [-0.25, -0.2) is 4.99 Å². The Morgan fingerprint density at radius 1 is 1.17 bits per heavy atom. The Labute approximate surface area is 140 Å².